The van der Waals surface area contributed by atoms with E-state index in [9.17, 15) is 0 Å². The number of rotatable bonds is 0. The summed E-state index contributed by atoms with van der Waals surface area (Å²) in [5.74, 6) is 0. The summed E-state index contributed by atoms with van der Waals surface area (Å²) in [5.41, 5.74) is 0. The summed E-state index contributed by atoms with van der Waals surface area (Å²) in [6, 6.07) is 0. The van der Waals surface area contributed by atoms with Crippen LogP contribution in [-0.2, 0) is 0 Å². The van der Waals surface area contributed by atoms with Gasteiger partial charge in [0.1, 0.15) is 0 Å². The summed E-state index contributed by atoms with van der Waals surface area (Å²) in [5, 5.41) is 44.2. The van der Waals surface area contributed by atoms with Gasteiger partial charge in [-0.2, -0.15) is 0 Å². The van der Waals surface area contributed by atoms with E-state index in [2.05, 4.69) is 0 Å². The Morgan fingerprint density at radius 3 is 0.421 bits per heavy atom. The van der Waals surface area contributed by atoms with Crippen molar-refractivity contribution in [3.05, 3.63) is 46.0 Å². The van der Waals surface area contributed by atoms with E-state index in [1.54, 1.807) is 0 Å². The average molecular weight is 433 g/mol. The molecule has 0 saturated carbocycles. The molecule has 0 heterocycles. The molecule has 19 heteroatoms. The molecule has 0 unspecified atom stereocenters. The van der Waals surface area contributed by atoms with Crippen molar-refractivity contribution < 1.29 is 83.7 Å². The van der Waals surface area contributed by atoms with E-state index in [4.69, 9.17) is 46.0 Å². The summed E-state index contributed by atoms with van der Waals surface area (Å²) in [6.45, 7) is 0. The Bertz CT molecular complexity index is 115. The van der Waals surface area contributed by atoms with E-state index in [0.29, 0.717) is 0 Å². The summed E-state index contributed by atoms with van der Waals surface area (Å²) in [4.78, 5) is 24.8. The maximum Gasteiger partial charge on any atom is 0.0689 e. The van der Waals surface area contributed by atoms with Crippen molar-refractivity contribution in [1.82, 2.24) is 0 Å². The zero-order valence-electron chi connectivity index (χ0n) is 8.59. The standard InChI is InChI=1S/La.3NO3.6H2O/c;3*2-1(3)4;;;;;;/h;;;;6*1H2/q;3*-1;;;;;;. The van der Waals surface area contributed by atoms with Crippen LogP contribution in [0.3, 0.4) is 0 Å². The monoisotopic (exact) mass is 433 g/mol. The zero-order valence-corrected chi connectivity index (χ0v) is 12.2. The van der Waals surface area contributed by atoms with Crippen molar-refractivity contribution in [1.29, 1.82) is 0 Å². The third-order valence-corrected chi connectivity index (χ3v) is 0. The Labute approximate surface area is 130 Å². The molecule has 12 N–H and O–H groups in total. The van der Waals surface area contributed by atoms with Crippen LogP contribution in [-0.4, -0.2) is 48.1 Å². The number of hydrogen-bond donors (Lipinski definition) is 0. The Morgan fingerprint density at radius 2 is 0.421 bits per heavy atom. The molecule has 0 rings (SSSR count). The zero-order chi connectivity index (χ0) is 10.7. The smallest absolute Gasteiger partial charge is 0.0689 e. The fourth-order valence-corrected chi connectivity index (χ4v) is 0. The van der Waals surface area contributed by atoms with Gasteiger partial charge in [-0.25, -0.2) is 0 Å². The molecule has 0 bridgehead atoms. The molecular formula is H12LaN3O15-3. The van der Waals surface area contributed by atoms with Crippen LogP contribution in [0.15, 0.2) is 0 Å². The molecule has 0 aromatic rings. The maximum absolute atomic E-state index is 8.25. The molecule has 0 saturated heterocycles. The minimum absolute atomic E-state index is 0. The van der Waals surface area contributed by atoms with Crippen LogP contribution < -0.4 is 0 Å². The van der Waals surface area contributed by atoms with Gasteiger partial charge < -0.3 is 78.8 Å². The van der Waals surface area contributed by atoms with Crippen LogP contribution in [0.5, 0.6) is 0 Å². The Morgan fingerprint density at radius 1 is 0.421 bits per heavy atom. The van der Waals surface area contributed by atoms with Crippen LogP contribution in [0.1, 0.15) is 0 Å². The van der Waals surface area contributed by atoms with Crippen LogP contribution in [0, 0.1) is 81.6 Å². The molecule has 0 fully saturated rings. The second-order valence-corrected chi connectivity index (χ2v) is 0.671. The van der Waals surface area contributed by atoms with Gasteiger partial charge in [-0.05, 0) is 0 Å². The van der Waals surface area contributed by atoms with Gasteiger partial charge in [0.25, 0.3) is 0 Å². The van der Waals surface area contributed by atoms with Gasteiger partial charge in [-0.15, -0.1) is 0 Å². The van der Waals surface area contributed by atoms with Crippen molar-refractivity contribution in [2.75, 3.05) is 0 Å². The minimum atomic E-state index is -1.75. The molecule has 1 radical (unpaired) electrons. The molecule has 0 aliphatic rings. The van der Waals surface area contributed by atoms with Crippen molar-refractivity contribution in [2.24, 2.45) is 0 Å². The van der Waals surface area contributed by atoms with Crippen molar-refractivity contribution in [3.8, 4) is 0 Å². The van der Waals surface area contributed by atoms with Gasteiger partial charge in [-0.1, -0.05) is 0 Å². The van der Waals surface area contributed by atoms with Crippen LogP contribution >= 0.6 is 0 Å². The molecule has 0 atom stereocenters. The second kappa shape index (κ2) is 70.2. The quantitative estimate of drug-likeness (QED) is 0.259. The molecule has 0 aliphatic carbocycles. The summed E-state index contributed by atoms with van der Waals surface area (Å²) in [6.07, 6.45) is 0. The van der Waals surface area contributed by atoms with Crippen molar-refractivity contribution in [2.45, 2.75) is 0 Å². The first-order chi connectivity index (χ1) is 5.20. The number of nitrogens with zero attached hydrogens (tertiary/aromatic N) is 3. The molecule has 0 aromatic heterocycles. The summed E-state index contributed by atoms with van der Waals surface area (Å²) >= 11 is 0. The van der Waals surface area contributed by atoms with Crippen LogP contribution in [0.25, 0.3) is 0 Å². The largest absolute Gasteiger partial charge is 0.412 e. The molecule has 0 aliphatic heterocycles. The van der Waals surface area contributed by atoms with Gasteiger partial charge in [0.05, 0.1) is 15.3 Å². The van der Waals surface area contributed by atoms with E-state index in [-0.39, 0.29) is 68.5 Å². The second-order valence-electron chi connectivity index (χ2n) is 0.671. The van der Waals surface area contributed by atoms with E-state index in [1.165, 1.54) is 0 Å². The first kappa shape index (κ1) is 84.3. The Kier molecular flexibility index (Phi) is 311. The van der Waals surface area contributed by atoms with Crippen LogP contribution in [0.2, 0.25) is 0 Å². The minimum Gasteiger partial charge on any atom is -0.412 e. The predicted molar refractivity (Wildman–Crippen MR) is 52.8 cm³/mol. The maximum atomic E-state index is 8.25. The van der Waals surface area contributed by atoms with Gasteiger partial charge in [0, 0.05) is 35.6 Å². The van der Waals surface area contributed by atoms with Gasteiger partial charge in [0.2, 0.25) is 0 Å². The molecule has 18 nitrogen and oxygen atoms in total. The fourth-order valence-electron chi connectivity index (χ4n) is 0. The normalized spacial score (nSPS) is 3.79. The van der Waals surface area contributed by atoms with Crippen molar-refractivity contribution >= 4 is 0 Å². The fraction of sp³-hybridized carbons (Fsp3) is 0. The van der Waals surface area contributed by atoms with Gasteiger partial charge >= 0.3 is 0 Å². The summed E-state index contributed by atoms with van der Waals surface area (Å²) < 4.78 is 0. The average Bonchev–Trinajstić information content (AvgIpc) is 1.54. The van der Waals surface area contributed by atoms with Crippen LogP contribution in [0.4, 0.5) is 0 Å². The molecule has 123 valence electrons. The van der Waals surface area contributed by atoms with E-state index in [0.717, 1.165) is 0 Å². The van der Waals surface area contributed by atoms with Gasteiger partial charge in [0.15, 0.2) is 0 Å². The Hall–Kier alpha value is -1.45. The Balaban J connectivity index is -0.00000000675. The third-order valence-electron chi connectivity index (χ3n) is 0. The molecule has 0 amide bonds. The SMILES string of the molecule is O.O.O.O.O.O.O=[N+]([O-])[O-].O=[N+]([O-])[O-].O=[N+]([O-])[O-].[La]. The first-order valence-electron chi connectivity index (χ1n) is 1.64. The summed E-state index contributed by atoms with van der Waals surface area (Å²) in [7, 11) is 0. The topological polar surface area (TPSA) is 388 Å². The molecule has 0 aromatic carbocycles. The third kappa shape index (κ3) is 1680. The first-order valence-corrected chi connectivity index (χ1v) is 1.64. The molecule has 19 heavy (non-hydrogen) atoms. The number of hydrogen-bond acceptors (Lipinski definition) is 9. The molecule has 0 spiro atoms. The van der Waals surface area contributed by atoms with E-state index < -0.39 is 15.3 Å². The predicted octanol–water partition coefficient (Wildman–Crippen LogP) is -5.67. The van der Waals surface area contributed by atoms with E-state index in [1.807, 2.05) is 0 Å². The van der Waals surface area contributed by atoms with Crippen molar-refractivity contribution in [3.63, 3.8) is 0 Å². The van der Waals surface area contributed by atoms with Gasteiger partial charge in [-0.3, -0.25) is 0 Å². The van der Waals surface area contributed by atoms with E-state index >= 15 is 0 Å². The molecular weight excluding hydrogens is 421 g/mol.